The topological polar surface area (TPSA) is 73.8 Å². The first-order valence-electron chi connectivity index (χ1n) is 7.96. The SMILES string of the molecule is CCc1nnc(Cn2cnc3sc4c(c3c2=O)CCC(C)C4)o1. The van der Waals surface area contributed by atoms with Crippen LogP contribution in [0.3, 0.4) is 0 Å². The summed E-state index contributed by atoms with van der Waals surface area (Å²) >= 11 is 1.66. The molecule has 120 valence electrons. The molecule has 0 aromatic carbocycles. The van der Waals surface area contributed by atoms with E-state index in [9.17, 15) is 4.79 Å². The Morgan fingerprint density at radius 3 is 3.00 bits per heavy atom. The van der Waals surface area contributed by atoms with Crippen molar-refractivity contribution in [3.05, 3.63) is 38.9 Å². The minimum atomic E-state index is -0.00157. The highest BCUT2D eigenvalue weighted by molar-refractivity contribution is 7.18. The van der Waals surface area contributed by atoms with Crippen LogP contribution >= 0.6 is 11.3 Å². The highest BCUT2D eigenvalue weighted by atomic mass is 32.1. The quantitative estimate of drug-likeness (QED) is 0.738. The molecule has 0 N–H and O–H groups in total. The zero-order valence-corrected chi connectivity index (χ0v) is 14.0. The summed E-state index contributed by atoms with van der Waals surface area (Å²) in [5.74, 6) is 1.72. The number of hydrogen-bond acceptors (Lipinski definition) is 6. The third kappa shape index (κ3) is 2.49. The largest absolute Gasteiger partial charge is 0.423 e. The van der Waals surface area contributed by atoms with Gasteiger partial charge in [0.05, 0.1) is 11.7 Å². The Bertz CT molecular complexity index is 924. The standard InChI is InChI=1S/C16H18N4O2S/c1-3-12-18-19-13(22-12)7-20-8-17-15-14(16(20)21)10-5-4-9(2)6-11(10)23-15/h8-9H,3-7H2,1-2H3. The van der Waals surface area contributed by atoms with Crippen LogP contribution in [-0.2, 0) is 25.8 Å². The maximum absolute atomic E-state index is 12.9. The van der Waals surface area contributed by atoms with Crippen LogP contribution in [0, 0.1) is 5.92 Å². The molecule has 23 heavy (non-hydrogen) atoms. The van der Waals surface area contributed by atoms with Crippen molar-refractivity contribution in [1.82, 2.24) is 19.7 Å². The fourth-order valence-electron chi connectivity index (χ4n) is 3.12. The molecule has 0 amide bonds. The van der Waals surface area contributed by atoms with Gasteiger partial charge in [0.25, 0.3) is 5.56 Å². The fourth-order valence-corrected chi connectivity index (χ4v) is 4.46. The van der Waals surface area contributed by atoms with E-state index in [0.29, 0.717) is 24.1 Å². The summed E-state index contributed by atoms with van der Waals surface area (Å²) in [4.78, 5) is 19.5. The molecule has 1 aliphatic carbocycles. The summed E-state index contributed by atoms with van der Waals surface area (Å²) in [7, 11) is 0. The molecule has 3 aromatic heterocycles. The second-order valence-corrected chi connectivity index (χ2v) is 7.24. The number of thiophene rings is 1. The molecule has 0 saturated carbocycles. The van der Waals surface area contributed by atoms with Crippen molar-refractivity contribution in [1.29, 1.82) is 0 Å². The van der Waals surface area contributed by atoms with E-state index in [1.165, 1.54) is 10.4 Å². The molecule has 1 aliphatic rings. The van der Waals surface area contributed by atoms with E-state index in [1.807, 2.05) is 6.92 Å². The van der Waals surface area contributed by atoms with Gasteiger partial charge in [0, 0.05) is 11.3 Å². The zero-order chi connectivity index (χ0) is 16.0. The number of rotatable bonds is 3. The second kappa shape index (κ2) is 5.56. The van der Waals surface area contributed by atoms with Crippen molar-refractivity contribution in [2.24, 2.45) is 5.92 Å². The molecular weight excluding hydrogens is 312 g/mol. The van der Waals surface area contributed by atoms with E-state index in [0.717, 1.165) is 29.5 Å². The monoisotopic (exact) mass is 330 g/mol. The molecule has 3 aromatic rings. The van der Waals surface area contributed by atoms with Gasteiger partial charge in [-0.2, -0.15) is 0 Å². The molecular formula is C16H18N4O2S. The third-order valence-corrected chi connectivity index (χ3v) is 5.56. The van der Waals surface area contributed by atoms with Gasteiger partial charge in [-0.05, 0) is 30.7 Å². The number of aromatic nitrogens is 4. The predicted molar refractivity (Wildman–Crippen MR) is 87.8 cm³/mol. The molecule has 6 nitrogen and oxygen atoms in total. The Hall–Kier alpha value is -2.02. The van der Waals surface area contributed by atoms with Crippen LogP contribution in [0.2, 0.25) is 0 Å². The Kier molecular flexibility index (Phi) is 3.52. The van der Waals surface area contributed by atoms with E-state index in [4.69, 9.17) is 4.42 Å². The molecule has 0 spiro atoms. The van der Waals surface area contributed by atoms with E-state index < -0.39 is 0 Å². The molecule has 0 aliphatic heterocycles. The van der Waals surface area contributed by atoms with Crippen LogP contribution in [-0.4, -0.2) is 19.7 Å². The van der Waals surface area contributed by atoms with E-state index in [2.05, 4.69) is 22.1 Å². The first-order chi connectivity index (χ1) is 11.2. The average Bonchev–Trinajstić information content (AvgIpc) is 3.13. The Morgan fingerprint density at radius 1 is 1.39 bits per heavy atom. The second-order valence-electron chi connectivity index (χ2n) is 6.15. The lowest BCUT2D eigenvalue weighted by Crippen LogP contribution is -2.22. The summed E-state index contributed by atoms with van der Waals surface area (Å²) in [6.45, 7) is 4.49. The molecule has 1 atom stereocenters. The molecule has 7 heteroatoms. The van der Waals surface area contributed by atoms with Crippen molar-refractivity contribution in [2.45, 2.75) is 46.1 Å². The lowest BCUT2D eigenvalue weighted by molar-refractivity contribution is 0.439. The average molecular weight is 330 g/mol. The van der Waals surface area contributed by atoms with Gasteiger partial charge in [-0.3, -0.25) is 9.36 Å². The van der Waals surface area contributed by atoms with Gasteiger partial charge in [0.1, 0.15) is 11.4 Å². The van der Waals surface area contributed by atoms with E-state index >= 15 is 0 Å². The zero-order valence-electron chi connectivity index (χ0n) is 13.2. The van der Waals surface area contributed by atoms with Crippen molar-refractivity contribution in [3.63, 3.8) is 0 Å². The predicted octanol–water partition coefficient (Wildman–Crippen LogP) is 2.58. The van der Waals surface area contributed by atoms with Crippen LogP contribution in [0.25, 0.3) is 10.2 Å². The maximum Gasteiger partial charge on any atom is 0.262 e. The van der Waals surface area contributed by atoms with Gasteiger partial charge in [0.2, 0.25) is 11.8 Å². The van der Waals surface area contributed by atoms with Crippen LogP contribution < -0.4 is 5.56 Å². The van der Waals surface area contributed by atoms with Crippen LogP contribution in [0.4, 0.5) is 0 Å². The number of aryl methyl sites for hydroxylation is 2. The molecule has 3 heterocycles. The smallest absolute Gasteiger partial charge is 0.262 e. The fraction of sp³-hybridized carbons (Fsp3) is 0.500. The van der Waals surface area contributed by atoms with Crippen molar-refractivity contribution >= 4 is 21.6 Å². The van der Waals surface area contributed by atoms with Gasteiger partial charge >= 0.3 is 0 Å². The number of fused-ring (bicyclic) bond motifs is 3. The van der Waals surface area contributed by atoms with Gasteiger partial charge < -0.3 is 4.42 Å². The molecule has 1 unspecified atom stereocenters. The van der Waals surface area contributed by atoms with Crippen LogP contribution in [0.1, 0.15) is 42.5 Å². The van der Waals surface area contributed by atoms with Crippen molar-refractivity contribution < 1.29 is 4.42 Å². The Labute approximate surface area is 137 Å². The summed E-state index contributed by atoms with van der Waals surface area (Å²) in [5.41, 5.74) is 1.20. The highest BCUT2D eigenvalue weighted by Crippen LogP contribution is 2.35. The van der Waals surface area contributed by atoms with Gasteiger partial charge in [0.15, 0.2) is 0 Å². The Balaban J connectivity index is 1.77. The minimum absolute atomic E-state index is 0.00157. The highest BCUT2D eigenvalue weighted by Gasteiger charge is 2.23. The Morgan fingerprint density at radius 2 is 2.22 bits per heavy atom. The maximum atomic E-state index is 12.9. The number of hydrogen-bond donors (Lipinski definition) is 0. The summed E-state index contributed by atoms with van der Waals surface area (Å²) < 4.78 is 7.07. The molecule has 4 rings (SSSR count). The van der Waals surface area contributed by atoms with Crippen LogP contribution in [0.15, 0.2) is 15.5 Å². The lowest BCUT2D eigenvalue weighted by Gasteiger charge is -2.17. The minimum Gasteiger partial charge on any atom is -0.423 e. The van der Waals surface area contributed by atoms with E-state index in [-0.39, 0.29) is 12.1 Å². The van der Waals surface area contributed by atoms with Gasteiger partial charge in [-0.15, -0.1) is 21.5 Å². The molecule has 0 bridgehead atoms. The summed E-state index contributed by atoms with van der Waals surface area (Å²) in [6.07, 6.45) is 5.44. The van der Waals surface area contributed by atoms with Gasteiger partial charge in [-0.25, -0.2) is 4.98 Å². The lowest BCUT2D eigenvalue weighted by atomic mass is 9.89. The van der Waals surface area contributed by atoms with Crippen LogP contribution in [0.5, 0.6) is 0 Å². The number of nitrogens with zero attached hydrogens (tertiary/aromatic N) is 4. The first-order valence-corrected chi connectivity index (χ1v) is 8.78. The summed E-state index contributed by atoms with van der Waals surface area (Å²) in [5, 5.41) is 8.71. The first kappa shape index (κ1) is 14.6. The molecule has 0 fully saturated rings. The summed E-state index contributed by atoms with van der Waals surface area (Å²) in [6, 6.07) is 0. The third-order valence-electron chi connectivity index (χ3n) is 4.40. The van der Waals surface area contributed by atoms with E-state index in [1.54, 1.807) is 22.2 Å². The van der Waals surface area contributed by atoms with Gasteiger partial charge in [-0.1, -0.05) is 13.8 Å². The molecule has 0 saturated heterocycles. The van der Waals surface area contributed by atoms with Crippen molar-refractivity contribution in [2.75, 3.05) is 0 Å². The van der Waals surface area contributed by atoms with Crippen molar-refractivity contribution in [3.8, 4) is 0 Å². The normalized spacial score (nSPS) is 17.6. The molecule has 0 radical (unpaired) electrons.